The van der Waals surface area contributed by atoms with Crippen LogP contribution in [0.5, 0.6) is 0 Å². The molecule has 2 heterocycles. The molecule has 0 radical (unpaired) electrons. The van der Waals surface area contributed by atoms with Gasteiger partial charge < -0.3 is 14.6 Å². The number of piperidine rings is 1. The molecule has 1 fully saturated rings. The molecule has 0 bridgehead atoms. The summed E-state index contributed by atoms with van der Waals surface area (Å²) in [5, 5.41) is 3.61. The highest BCUT2D eigenvalue weighted by molar-refractivity contribution is 7.99. The molecule has 0 unspecified atom stereocenters. The van der Waals surface area contributed by atoms with Gasteiger partial charge in [0, 0.05) is 35.9 Å². The quantitative estimate of drug-likeness (QED) is 0.502. The van der Waals surface area contributed by atoms with Crippen LogP contribution in [-0.2, 0) is 16.0 Å². The van der Waals surface area contributed by atoms with Gasteiger partial charge in [-0.1, -0.05) is 26.0 Å². The van der Waals surface area contributed by atoms with Gasteiger partial charge in [0.15, 0.2) is 0 Å². The Kier molecular flexibility index (Phi) is 8.20. The lowest BCUT2D eigenvalue weighted by Gasteiger charge is -2.31. The highest BCUT2D eigenvalue weighted by Crippen LogP contribution is 2.23. The first-order valence-corrected chi connectivity index (χ1v) is 11.4. The molecule has 6 heteroatoms. The van der Waals surface area contributed by atoms with Crippen molar-refractivity contribution in [1.82, 2.24) is 10.2 Å². The number of benzene rings is 1. The standard InChI is InChI=1S/C24H30N2O3S/c1-18(2)30-22-8-5-19(6-9-22)16-23(27)25-17-20-11-13-26(14-12-20)24(28)10-7-21-4-3-15-29-21/h3-10,15,18,20H,11-14,16-17H2,1-2H3,(H,25,27). The summed E-state index contributed by atoms with van der Waals surface area (Å²) in [4.78, 5) is 27.7. The molecule has 0 atom stereocenters. The fourth-order valence-corrected chi connectivity index (χ4v) is 4.30. The van der Waals surface area contributed by atoms with Gasteiger partial charge in [-0.2, -0.15) is 0 Å². The number of thioether (sulfide) groups is 1. The van der Waals surface area contributed by atoms with Gasteiger partial charge in [0.1, 0.15) is 5.76 Å². The molecule has 1 aromatic heterocycles. The van der Waals surface area contributed by atoms with E-state index in [0.717, 1.165) is 31.5 Å². The maximum absolute atomic E-state index is 12.3. The third kappa shape index (κ3) is 7.10. The number of carbonyl (C=O) groups is 2. The van der Waals surface area contributed by atoms with Crippen molar-refractivity contribution in [2.24, 2.45) is 5.92 Å². The van der Waals surface area contributed by atoms with Gasteiger partial charge in [-0.3, -0.25) is 9.59 Å². The van der Waals surface area contributed by atoms with Crippen molar-refractivity contribution >= 4 is 29.7 Å². The van der Waals surface area contributed by atoms with E-state index in [1.807, 2.05) is 34.9 Å². The Bertz CT molecular complexity index is 836. The van der Waals surface area contributed by atoms with Crippen molar-refractivity contribution in [3.63, 3.8) is 0 Å². The molecule has 1 N–H and O–H groups in total. The van der Waals surface area contributed by atoms with Crippen molar-refractivity contribution in [2.75, 3.05) is 19.6 Å². The van der Waals surface area contributed by atoms with E-state index in [2.05, 4.69) is 31.3 Å². The van der Waals surface area contributed by atoms with Gasteiger partial charge in [0.05, 0.1) is 12.7 Å². The lowest BCUT2D eigenvalue weighted by molar-refractivity contribution is -0.127. The molecule has 5 nitrogen and oxygen atoms in total. The molecule has 3 rings (SSSR count). The van der Waals surface area contributed by atoms with E-state index in [0.29, 0.717) is 29.9 Å². The summed E-state index contributed by atoms with van der Waals surface area (Å²) in [6, 6.07) is 11.8. The number of nitrogens with zero attached hydrogens (tertiary/aromatic N) is 1. The number of hydrogen-bond acceptors (Lipinski definition) is 4. The Balaban J connectivity index is 1.36. The van der Waals surface area contributed by atoms with Gasteiger partial charge in [0.25, 0.3) is 0 Å². The van der Waals surface area contributed by atoms with Crippen LogP contribution in [0.4, 0.5) is 0 Å². The largest absolute Gasteiger partial charge is 0.465 e. The Hall–Kier alpha value is -2.47. The van der Waals surface area contributed by atoms with Gasteiger partial charge in [0.2, 0.25) is 11.8 Å². The van der Waals surface area contributed by atoms with E-state index in [9.17, 15) is 9.59 Å². The molecule has 0 aliphatic carbocycles. The maximum atomic E-state index is 12.3. The number of nitrogens with one attached hydrogen (secondary N) is 1. The van der Waals surface area contributed by atoms with Gasteiger partial charge in [-0.05, 0) is 54.7 Å². The molecule has 1 aliphatic heterocycles. The predicted molar refractivity (Wildman–Crippen MR) is 121 cm³/mol. The topological polar surface area (TPSA) is 62.6 Å². The summed E-state index contributed by atoms with van der Waals surface area (Å²) >= 11 is 1.82. The molecular formula is C24H30N2O3S. The van der Waals surface area contributed by atoms with Crippen LogP contribution in [0.15, 0.2) is 58.1 Å². The average Bonchev–Trinajstić information content (AvgIpc) is 3.26. The average molecular weight is 427 g/mol. The van der Waals surface area contributed by atoms with Crippen molar-refractivity contribution in [1.29, 1.82) is 0 Å². The zero-order valence-corrected chi connectivity index (χ0v) is 18.5. The van der Waals surface area contributed by atoms with Crippen molar-refractivity contribution < 1.29 is 14.0 Å². The lowest BCUT2D eigenvalue weighted by Crippen LogP contribution is -2.41. The zero-order valence-electron chi connectivity index (χ0n) is 17.7. The second-order valence-corrected chi connectivity index (χ2v) is 9.56. The van der Waals surface area contributed by atoms with E-state index >= 15 is 0 Å². The fraction of sp³-hybridized carbons (Fsp3) is 0.417. The van der Waals surface area contributed by atoms with Crippen LogP contribution in [0, 0.1) is 5.92 Å². The molecule has 1 saturated heterocycles. The molecule has 1 aromatic carbocycles. The minimum Gasteiger partial charge on any atom is -0.465 e. The van der Waals surface area contributed by atoms with E-state index in [1.54, 1.807) is 24.5 Å². The van der Waals surface area contributed by atoms with Crippen LogP contribution in [0.2, 0.25) is 0 Å². The number of hydrogen-bond donors (Lipinski definition) is 1. The minimum atomic E-state index is 0.00737. The number of carbonyl (C=O) groups excluding carboxylic acids is 2. The summed E-state index contributed by atoms with van der Waals surface area (Å²) < 4.78 is 5.21. The third-order valence-corrected chi connectivity index (χ3v) is 6.12. The molecule has 0 spiro atoms. The van der Waals surface area contributed by atoms with Crippen LogP contribution in [0.25, 0.3) is 6.08 Å². The first kappa shape index (κ1) is 22.2. The summed E-state index contributed by atoms with van der Waals surface area (Å²) in [5.41, 5.74) is 1.03. The minimum absolute atomic E-state index is 0.00737. The van der Waals surface area contributed by atoms with Gasteiger partial charge in [-0.15, -0.1) is 11.8 Å². The van der Waals surface area contributed by atoms with E-state index in [-0.39, 0.29) is 11.8 Å². The summed E-state index contributed by atoms with van der Waals surface area (Å²) in [6.45, 7) is 6.45. The number of likely N-dealkylation sites (tertiary alicyclic amines) is 1. The van der Waals surface area contributed by atoms with Crippen molar-refractivity contribution in [2.45, 2.75) is 43.3 Å². The van der Waals surface area contributed by atoms with Crippen molar-refractivity contribution in [3.8, 4) is 0 Å². The maximum Gasteiger partial charge on any atom is 0.246 e. The van der Waals surface area contributed by atoms with Crippen LogP contribution in [0.1, 0.15) is 38.0 Å². The summed E-state index contributed by atoms with van der Waals surface area (Å²) in [7, 11) is 0. The number of rotatable bonds is 8. The SMILES string of the molecule is CC(C)Sc1ccc(CC(=O)NCC2CCN(C(=O)C=Cc3ccco3)CC2)cc1. The third-order valence-electron chi connectivity index (χ3n) is 5.11. The Morgan fingerprint density at radius 2 is 1.93 bits per heavy atom. The smallest absolute Gasteiger partial charge is 0.246 e. The highest BCUT2D eigenvalue weighted by atomic mass is 32.2. The molecule has 30 heavy (non-hydrogen) atoms. The van der Waals surface area contributed by atoms with Crippen LogP contribution in [0.3, 0.4) is 0 Å². The second kappa shape index (κ2) is 11.1. The predicted octanol–water partition coefficient (Wildman–Crippen LogP) is 4.39. The van der Waals surface area contributed by atoms with E-state index in [1.165, 1.54) is 4.90 Å². The first-order chi connectivity index (χ1) is 14.5. The highest BCUT2D eigenvalue weighted by Gasteiger charge is 2.22. The normalized spacial score (nSPS) is 15.1. The molecule has 2 aromatic rings. The van der Waals surface area contributed by atoms with Crippen molar-refractivity contribution in [3.05, 3.63) is 60.1 Å². The Morgan fingerprint density at radius 1 is 1.20 bits per heavy atom. The van der Waals surface area contributed by atoms with E-state index in [4.69, 9.17) is 4.42 Å². The zero-order chi connectivity index (χ0) is 21.3. The van der Waals surface area contributed by atoms with Crippen LogP contribution < -0.4 is 5.32 Å². The van der Waals surface area contributed by atoms with E-state index < -0.39 is 0 Å². The van der Waals surface area contributed by atoms with Crippen LogP contribution in [-0.4, -0.2) is 41.6 Å². The van der Waals surface area contributed by atoms with Gasteiger partial charge >= 0.3 is 0 Å². The first-order valence-electron chi connectivity index (χ1n) is 10.5. The molecular weight excluding hydrogens is 396 g/mol. The number of furan rings is 1. The second-order valence-electron chi connectivity index (χ2n) is 7.91. The monoisotopic (exact) mass is 426 g/mol. The summed E-state index contributed by atoms with van der Waals surface area (Å²) in [6.07, 6.45) is 7.06. The molecule has 2 amide bonds. The summed E-state index contributed by atoms with van der Waals surface area (Å²) in [5.74, 6) is 1.15. The fourth-order valence-electron chi connectivity index (χ4n) is 3.47. The Labute approximate surface area is 182 Å². The van der Waals surface area contributed by atoms with Gasteiger partial charge in [-0.25, -0.2) is 0 Å². The molecule has 1 aliphatic rings. The number of amides is 2. The molecule has 0 saturated carbocycles. The Morgan fingerprint density at radius 3 is 2.57 bits per heavy atom. The molecule has 160 valence electrons. The lowest BCUT2D eigenvalue weighted by atomic mass is 9.96. The van der Waals surface area contributed by atoms with Crippen LogP contribution >= 0.6 is 11.8 Å².